The van der Waals surface area contributed by atoms with Crippen molar-refractivity contribution in [2.24, 2.45) is 0 Å². The lowest BCUT2D eigenvalue weighted by atomic mass is 10.0. The minimum Gasteiger partial charge on any atom is -0.313 e. The molecule has 1 atom stereocenters. The Morgan fingerprint density at radius 2 is 2.00 bits per heavy atom. The van der Waals surface area contributed by atoms with Gasteiger partial charge in [-0.05, 0) is 43.3 Å². The highest BCUT2D eigenvalue weighted by molar-refractivity contribution is 7.16. The van der Waals surface area contributed by atoms with Gasteiger partial charge in [0, 0.05) is 22.4 Å². The normalized spacial score (nSPS) is 12.7. The van der Waals surface area contributed by atoms with Crippen molar-refractivity contribution in [3.8, 4) is 0 Å². The molecule has 2 aromatic rings. The first-order chi connectivity index (χ1) is 8.60. The Labute approximate surface area is 122 Å². The number of likely N-dealkylation sites (N-methyl/N-ethyl adjacent to an activating group) is 1. The Bertz CT molecular complexity index is 536. The van der Waals surface area contributed by atoms with Gasteiger partial charge in [0.15, 0.2) is 0 Å². The van der Waals surface area contributed by atoms with Crippen LogP contribution in [0.2, 0.25) is 9.36 Å². The molecule has 0 fully saturated rings. The summed E-state index contributed by atoms with van der Waals surface area (Å²) in [6, 6.07) is 10.4. The predicted octanol–water partition coefficient (Wildman–Crippen LogP) is 4.87. The van der Waals surface area contributed by atoms with Crippen molar-refractivity contribution in [2.45, 2.75) is 19.4 Å². The largest absolute Gasteiger partial charge is 0.313 e. The van der Waals surface area contributed by atoms with Gasteiger partial charge in [-0.2, -0.15) is 0 Å². The lowest BCUT2D eigenvalue weighted by Crippen LogP contribution is -2.18. The smallest absolute Gasteiger partial charge is 0.0931 e. The quantitative estimate of drug-likeness (QED) is 0.849. The zero-order valence-corrected chi connectivity index (χ0v) is 12.7. The maximum absolute atomic E-state index is 6.31. The summed E-state index contributed by atoms with van der Waals surface area (Å²) >= 11 is 13.9. The second kappa shape index (κ2) is 6.07. The number of nitrogens with one attached hydrogen (secondary N) is 1. The second-order valence-corrected chi connectivity index (χ2v) is 6.48. The van der Waals surface area contributed by atoms with Crippen molar-refractivity contribution in [3.05, 3.63) is 55.7 Å². The van der Waals surface area contributed by atoms with E-state index in [2.05, 4.69) is 23.5 Å². The Morgan fingerprint density at radius 3 is 2.56 bits per heavy atom. The summed E-state index contributed by atoms with van der Waals surface area (Å²) in [6.45, 7) is 2.04. The highest BCUT2D eigenvalue weighted by Crippen LogP contribution is 2.30. The fourth-order valence-corrected chi connectivity index (χ4v) is 3.44. The van der Waals surface area contributed by atoms with Crippen molar-refractivity contribution >= 4 is 34.5 Å². The van der Waals surface area contributed by atoms with Crippen LogP contribution in [-0.2, 0) is 6.42 Å². The summed E-state index contributed by atoms with van der Waals surface area (Å²) in [5.41, 5.74) is 2.31. The zero-order chi connectivity index (χ0) is 13.1. The van der Waals surface area contributed by atoms with Gasteiger partial charge in [0.1, 0.15) is 0 Å². The van der Waals surface area contributed by atoms with E-state index >= 15 is 0 Å². The van der Waals surface area contributed by atoms with Gasteiger partial charge in [0.05, 0.1) is 4.34 Å². The van der Waals surface area contributed by atoms with Crippen LogP contribution < -0.4 is 5.32 Å². The average Bonchev–Trinajstić information content (AvgIpc) is 2.72. The fraction of sp³-hybridized carbons (Fsp3) is 0.286. The highest BCUT2D eigenvalue weighted by Gasteiger charge is 2.14. The Hall–Kier alpha value is -0.540. The van der Waals surface area contributed by atoms with E-state index in [0.717, 1.165) is 21.3 Å². The Morgan fingerprint density at radius 1 is 1.22 bits per heavy atom. The monoisotopic (exact) mass is 299 g/mol. The van der Waals surface area contributed by atoms with Crippen LogP contribution in [0.25, 0.3) is 0 Å². The van der Waals surface area contributed by atoms with Crippen LogP contribution in [0.1, 0.15) is 22.0 Å². The van der Waals surface area contributed by atoms with E-state index in [-0.39, 0.29) is 6.04 Å². The third-order valence-corrected chi connectivity index (χ3v) is 4.49. The molecule has 4 heteroatoms. The maximum Gasteiger partial charge on any atom is 0.0931 e. The number of hydrogen-bond donors (Lipinski definition) is 1. The molecular formula is C14H15Cl2NS. The first-order valence-corrected chi connectivity index (χ1v) is 7.35. The summed E-state index contributed by atoms with van der Waals surface area (Å²) in [5.74, 6) is 0. The van der Waals surface area contributed by atoms with Gasteiger partial charge in [-0.25, -0.2) is 0 Å². The van der Waals surface area contributed by atoms with Crippen LogP contribution in [-0.4, -0.2) is 7.05 Å². The van der Waals surface area contributed by atoms with E-state index in [0.29, 0.717) is 0 Å². The molecule has 0 saturated carbocycles. The van der Waals surface area contributed by atoms with Crippen LogP contribution in [0, 0.1) is 6.92 Å². The highest BCUT2D eigenvalue weighted by atomic mass is 35.5. The molecule has 0 spiro atoms. The van der Waals surface area contributed by atoms with Crippen LogP contribution >= 0.6 is 34.5 Å². The third-order valence-electron chi connectivity index (χ3n) is 2.91. The molecule has 0 saturated heterocycles. The van der Waals surface area contributed by atoms with Crippen molar-refractivity contribution < 1.29 is 0 Å². The number of aryl methyl sites for hydroxylation is 1. The molecule has 0 amide bonds. The zero-order valence-electron chi connectivity index (χ0n) is 10.3. The number of halogens is 2. The molecule has 96 valence electrons. The molecule has 0 aliphatic heterocycles. The van der Waals surface area contributed by atoms with Gasteiger partial charge < -0.3 is 5.32 Å². The molecule has 0 bridgehead atoms. The first kappa shape index (κ1) is 13.9. The summed E-state index contributed by atoms with van der Waals surface area (Å²) in [4.78, 5) is 1.26. The Kier molecular flexibility index (Phi) is 4.68. The molecule has 1 unspecified atom stereocenters. The molecule has 0 aliphatic carbocycles. The van der Waals surface area contributed by atoms with Crippen molar-refractivity contribution in [2.75, 3.05) is 7.05 Å². The molecule has 0 aliphatic rings. The molecule has 1 heterocycles. The molecule has 1 N–H and O–H groups in total. The second-order valence-electron chi connectivity index (χ2n) is 4.28. The van der Waals surface area contributed by atoms with Gasteiger partial charge in [0.25, 0.3) is 0 Å². The van der Waals surface area contributed by atoms with Crippen molar-refractivity contribution in [1.29, 1.82) is 0 Å². The molecular weight excluding hydrogens is 285 g/mol. The molecule has 1 nitrogen and oxygen atoms in total. The fourth-order valence-electron chi connectivity index (χ4n) is 1.94. The van der Waals surface area contributed by atoms with E-state index in [1.54, 1.807) is 11.3 Å². The number of rotatable bonds is 4. The first-order valence-electron chi connectivity index (χ1n) is 5.77. The topological polar surface area (TPSA) is 12.0 Å². The summed E-state index contributed by atoms with van der Waals surface area (Å²) in [7, 11) is 1.95. The summed E-state index contributed by atoms with van der Waals surface area (Å²) in [6.07, 6.45) is 0.899. The van der Waals surface area contributed by atoms with E-state index in [4.69, 9.17) is 23.2 Å². The van der Waals surface area contributed by atoms with E-state index in [9.17, 15) is 0 Å². The molecule has 2 rings (SSSR count). The van der Waals surface area contributed by atoms with Crippen molar-refractivity contribution in [1.82, 2.24) is 5.32 Å². The number of hydrogen-bond acceptors (Lipinski definition) is 2. The van der Waals surface area contributed by atoms with Crippen LogP contribution in [0.3, 0.4) is 0 Å². The van der Waals surface area contributed by atoms with E-state index in [1.807, 2.05) is 26.1 Å². The minimum atomic E-state index is 0.216. The number of benzene rings is 1. The number of thiophene rings is 1. The molecule has 1 aromatic heterocycles. The van der Waals surface area contributed by atoms with Gasteiger partial charge in [-0.1, -0.05) is 35.3 Å². The van der Waals surface area contributed by atoms with Crippen molar-refractivity contribution in [3.63, 3.8) is 0 Å². The average molecular weight is 300 g/mol. The van der Waals surface area contributed by atoms with Gasteiger partial charge in [-0.3, -0.25) is 0 Å². The Balaban J connectivity index is 2.22. The lowest BCUT2D eigenvalue weighted by Gasteiger charge is -2.17. The summed E-state index contributed by atoms with van der Waals surface area (Å²) in [5, 5.41) is 4.13. The SMILES string of the molecule is CNC(Cc1ccc(Cl)s1)c1ccc(C)cc1Cl. The van der Waals surface area contributed by atoms with E-state index < -0.39 is 0 Å². The summed E-state index contributed by atoms with van der Waals surface area (Å²) < 4.78 is 0.829. The molecule has 1 aromatic carbocycles. The third kappa shape index (κ3) is 3.27. The van der Waals surface area contributed by atoms with Gasteiger partial charge in [0.2, 0.25) is 0 Å². The molecule has 18 heavy (non-hydrogen) atoms. The van der Waals surface area contributed by atoms with Gasteiger partial charge >= 0.3 is 0 Å². The maximum atomic E-state index is 6.31. The van der Waals surface area contributed by atoms with E-state index in [1.165, 1.54) is 10.4 Å². The minimum absolute atomic E-state index is 0.216. The molecule has 0 radical (unpaired) electrons. The predicted molar refractivity (Wildman–Crippen MR) is 81.0 cm³/mol. The van der Waals surface area contributed by atoms with Crippen LogP contribution in [0.15, 0.2) is 30.3 Å². The van der Waals surface area contributed by atoms with Gasteiger partial charge in [-0.15, -0.1) is 11.3 Å². The van der Waals surface area contributed by atoms with Crippen LogP contribution in [0.5, 0.6) is 0 Å². The van der Waals surface area contributed by atoms with Crippen LogP contribution in [0.4, 0.5) is 0 Å². The standard InChI is InChI=1S/C14H15Cl2NS/c1-9-3-5-11(12(15)7-9)13(17-2)8-10-4-6-14(16)18-10/h3-7,13,17H,8H2,1-2H3. The lowest BCUT2D eigenvalue weighted by molar-refractivity contribution is 0.596.